The van der Waals surface area contributed by atoms with Gasteiger partial charge in [-0.15, -0.1) is 0 Å². The first kappa shape index (κ1) is 16.4. The number of sulfonamides is 1. The molecule has 0 unspecified atom stereocenters. The number of amides is 1. The lowest BCUT2D eigenvalue weighted by Gasteiger charge is -2.11. The summed E-state index contributed by atoms with van der Waals surface area (Å²) in [6, 6.07) is 9.21. The van der Waals surface area contributed by atoms with Crippen LogP contribution in [-0.4, -0.2) is 37.7 Å². The van der Waals surface area contributed by atoms with E-state index in [0.717, 1.165) is 0 Å². The van der Waals surface area contributed by atoms with E-state index in [-0.39, 0.29) is 10.5 Å². The molecule has 4 rings (SSSR count). The van der Waals surface area contributed by atoms with Crippen molar-refractivity contribution in [3.63, 3.8) is 0 Å². The summed E-state index contributed by atoms with van der Waals surface area (Å²) >= 11 is 0. The number of aromatic nitrogens is 2. The molecule has 134 valence electrons. The SMILES string of the molecule is O=C(NS(=O)(=O)c1ccc2c(c1)OCCCO2)c1cccc2cn[nH]c12. The van der Waals surface area contributed by atoms with E-state index in [2.05, 4.69) is 14.9 Å². The van der Waals surface area contributed by atoms with Gasteiger partial charge < -0.3 is 9.47 Å². The van der Waals surface area contributed by atoms with Gasteiger partial charge in [0.25, 0.3) is 15.9 Å². The summed E-state index contributed by atoms with van der Waals surface area (Å²) in [5, 5.41) is 7.29. The normalized spacial score (nSPS) is 14.0. The molecule has 1 aliphatic heterocycles. The van der Waals surface area contributed by atoms with Crippen LogP contribution >= 0.6 is 0 Å². The van der Waals surface area contributed by atoms with Crippen LogP contribution in [0.1, 0.15) is 16.8 Å². The van der Waals surface area contributed by atoms with Crippen LogP contribution in [0, 0.1) is 0 Å². The number of nitrogens with zero attached hydrogens (tertiary/aromatic N) is 1. The molecule has 8 nitrogen and oxygen atoms in total. The predicted octanol–water partition coefficient (Wildman–Crippen LogP) is 1.84. The van der Waals surface area contributed by atoms with E-state index in [9.17, 15) is 13.2 Å². The van der Waals surface area contributed by atoms with Gasteiger partial charge in [-0.05, 0) is 18.2 Å². The van der Waals surface area contributed by atoms with Crippen molar-refractivity contribution in [2.45, 2.75) is 11.3 Å². The van der Waals surface area contributed by atoms with Gasteiger partial charge in [0, 0.05) is 17.9 Å². The molecule has 0 fully saturated rings. The van der Waals surface area contributed by atoms with Gasteiger partial charge in [0.05, 0.1) is 35.4 Å². The molecule has 0 aliphatic carbocycles. The molecule has 1 aliphatic rings. The Hall–Kier alpha value is -3.07. The molecule has 0 spiro atoms. The number of carbonyl (C=O) groups is 1. The van der Waals surface area contributed by atoms with Gasteiger partial charge >= 0.3 is 0 Å². The molecule has 2 aromatic carbocycles. The maximum absolute atomic E-state index is 12.6. The average molecular weight is 373 g/mol. The lowest BCUT2D eigenvalue weighted by molar-refractivity contribution is 0.0983. The van der Waals surface area contributed by atoms with Gasteiger partial charge in [-0.2, -0.15) is 5.10 Å². The van der Waals surface area contributed by atoms with Gasteiger partial charge in [0.15, 0.2) is 11.5 Å². The van der Waals surface area contributed by atoms with Gasteiger partial charge in [0.2, 0.25) is 0 Å². The zero-order valence-corrected chi connectivity index (χ0v) is 14.4. The Morgan fingerprint density at radius 1 is 1.12 bits per heavy atom. The second-order valence-electron chi connectivity index (χ2n) is 5.73. The topological polar surface area (TPSA) is 110 Å². The van der Waals surface area contributed by atoms with E-state index in [4.69, 9.17) is 9.47 Å². The third-order valence-electron chi connectivity index (χ3n) is 3.98. The molecular formula is C17H15N3O5S. The zero-order chi connectivity index (χ0) is 18.1. The standard InChI is InChI=1S/C17H15N3O5S/c21-17(13-4-1-3-11-10-18-19-16(11)13)20-26(22,23)12-5-6-14-15(9-12)25-8-2-7-24-14/h1,3-6,9-10H,2,7-8H2,(H,18,19)(H,20,21). The minimum atomic E-state index is -4.07. The molecule has 0 bridgehead atoms. The van der Waals surface area contributed by atoms with Gasteiger partial charge in [-0.3, -0.25) is 9.89 Å². The molecule has 0 radical (unpaired) electrons. The monoisotopic (exact) mass is 373 g/mol. The van der Waals surface area contributed by atoms with Crippen LogP contribution in [0.3, 0.4) is 0 Å². The fourth-order valence-corrected chi connectivity index (χ4v) is 3.69. The molecule has 2 heterocycles. The second kappa shape index (κ2) is 6.34. The number of hydrogen-bond acceptors (Lipinski definition) is 6. The Bertz CT molecular complexity index is 1090. The van der Waals surface area contributed by atoms with E-state index in [1.165, 1.54) is 24.3 Å². The van der Waals surface area contributed by atoms with Crippen LogP contribution in [0.2, 0.25) is 0 Å². The molecule has 0 atom stereocenters. The van der Waals surface area contributed by atoms with Crippen LogP contribution in [0.15, 0.2) is 47.5 Å². The Kier molecular flexibility index (Phi) is 4.00. The van der Waals surface area contributed by atoms with Crippen LogP contribution in [0.4, 0.5) is 0 Å². The first-order chi connectivity index (χ1) is 12.5. The molecule has 9 heteroatoms. The maximum atomic E-state index is 12.6. The van der Waals surface area contributed by atoms with Crippen LogP contribution in [-0.2, 0) is 10.0 Å². The Balaban J connectivity index is 1.64. The highest BCUT2D eigenvalue weighted by atomic mass is 32.2. The number of ether oxygens (including phenoxy) is 2. The van der Waals surface area contributed by atoms with Crippen molar-refractivity contribution in [2.75, 3.05) is 13.2 Å². The number of aromatic amines is 1. The first-order valence-electron chi connectivity index (χ1n) is 7.93. The summed E-state index contributed by atoms with van der Waals surface area (Å²) < 4.78 is 38.3. The highest BCUT2D eigenvalue weighted by Crippen LogP contribution is 2.32. The van der Waals surface area contributed by atoms with Crippen molar-refractivity contribution in [3.05, 3.63) is 48.2 Å². The van der Waals surface area contributed by atoms with E-state index in [1.807, 2.05) is 0 Å². The number of para-hydroxylation sites is 1. The summed E-state index contributed by atoms with van der Waals surface area (Å²) in [4.78, 5) is 12.4. The quantitative estimate of drug-likeness (QED) is 0.725. The van der Waals surface area contributed by atoms with Crippen LogP contribution in [0.5, 0.6) is 11.5 Å². The number of H-pyrrole nitrogens is 1. The summed E-state index contributed by atoms with van der Waals surface area (Å²) in [7, 11) is -4.07. The predicted molar refractivity (Wildman–Crippen MR) is 92.8 cm³/mol. The van der Waals surface area contributed by atoms with Crippen molar-refractivity contribution in [2.24, 2.45) is 0 Å². The molecule has 0 saturated heterocycles. The number of carbonyl (C=O) groups excluding carboxylic acids is 1. The smallest absolute Gasteiger partial charge is 0.267 e. The maximum Gasteiger partial charge on any atom is 0.267 e. The molecule has 1 aromatic heterocycles. The van der Waals surface area contributed by atoms with E-state index in [1.54, 1.807) is 18.3 Å². The second-order valence-corrected chi connectivity index (χ2v) is 7.42. The lowest BCUT2D eigenvalue weighted by atomic mass is 10.1. The minimum absolute atomic E-state index is 0.0770. The van der Waals surface area contributed by atoms with Crippen LogP contribution in [0.25, 0.3) is 10.9 Å². The molecule has 1 amide bonds. The summed E-state index contributed by atoms with van der Waals surface area (Å²) in [6.45, 7) is 0.939. The van der Waals surface area contributed by atoms with Gasteiger partial charge in [0.1, 0.15) is 0 Å². The average Bonchev–Trinajstić information content (AvgIpc) is 2.98. The Labute approximate surface area is 149 Å². The van der Waals surface area contributed by atoms with E-state index >= 15 is 0 Å². The number of nitrogens with one attached hydrogen (secondary N) is 2. The molecular weight excluding hydrogens is 358 g/mol. The fourth-order valence-electron chi connectivity index (χ4n) is 2.70. The number of fused-ring (bicyclic) bond motifs is 2. The van der Waals surface area contributed by atoms with Crippen molar-refractivity contribution in [3.8, 4) is 11.5 Å². The molecule has 2 N–H and O–H groups in total. The highest BCUT2D eigenvalue weighted by Gasteiger charge is 2.23. The minimum Gasteiger partial charge on any atom is -0.490 e. The lowest BCUT2D eigenvalue weighted by Crippen LogP contribution is -2.30. The van der Waals surface area contributed by atoms with Gasteiger partial charge in [-0.25, -0.2) is 13.1 Å². The number of benzene rings is 2. The number of rotatable bonds is 3. The zero-order valence-electron chi connectivity index (χ0n) is 13.6. The summed E-state index contributed by atoms with van der Waals surface area (Å²) in [5.41, 5.74) is 0.664. The first-order valence-corrected chi connectivity index (χ1v) is 9.42. The fraction of sp³-hybridized carbons (Fsp3) is 0.176. The van der Waals surface area contributed by atoms with Crippen molar-refractivity contribution in [1.29, 1.82) is 0 Å². The highest BCUT2D eigenvalue weighted by molar-refractivity contribution is 7.90. The third-order valence-corrected chi connectivity index (χ3v) is 5.31. The van der Waals surface area contributed by atoms with E-state index in [0.29, 0.717) is 42.0 Å². The Morgan fingerprint density at radius 2 is 1.92 bits per heavy atom. The van der Waals surface area contributed by atoms with Crippen LogP contribution < -0.4 is 14.2 Å². The summed E-state index contributed by atoms with van der Waals surface area (Å²) in [6.07, 6.45) is 2.27. The third kappa shape index (κ3) is 2.97. The molecule has 26 heavy (non-hydrogen) atoms. The summed E-state index contributed by atoms with van der Waals surface area (Å²) in [5.74, 6) is 0.0791. The van der Waals surface area contributed by atoms with E-state index < -0.39 is 15.9 Å². The van der Waals surface area contributed by atoms with Crippen molar-refractivity contribution < 1.29 is 22.7 Å². The molecule has 3 aromatic rings. The van der Waals surface area contributed by atoms with Gasteiger partial charge in [-0.1, -0.05) is 12.1 Å². The Morgan fingerprint density at radius 3 is 2.77 bits per heavy atom. The largest absolute Gasteiger partial charge is 0.490 e. The van der Waals surface area contributed by atoms with Crippen molar-refractivity contribution >= 4 is 26.8 Å². The van der Waals surface area contributed by atoms with Crippen molar-refractivity contribution in [1.82, 2.24) is 14.9 Å². The molecule has 0 saturated carbocycles. The number of hydrogen-bond donors (Lipinski definition) is 2.